The lowest BCUT2D eigenvalue weighted by molar-refractivity contribution is 0.0784. The topological polar surface area (TPSA) is 76.7 Å². The maximum atomic E-state index is 13.5. The smallest absolute Gasteiger partial charge is 0.240 e. The number of hydrogen-bond donors (Lipinski definition) is 2. The second-order valence-electron chi connectivity index (χ2n) is 4.37. The van der Waals surface area contributed by atoms with Gasteiger partial charge < -0.3 is 14.8 Å². The molecule has 112 valence electrons. The molecule has 1 unspecified atom stereocenters. The van der Waals surface area contributed by atoms with Crippen molar-refractivity contribution >= 4 is 10.0 Å². The van der Waals surface area contributed by atoms with E-state index < -0.39 is 15.8 Å². The van der Waals surface area contributed by atoms with Crippen molar-refractivity contribution < 1.29 is 22.3 Å². The van der Waals surface area contributed by atoms with E-state index in [1.165, 1.54) is 19.2 Å². The number of sulfonamides is 1. The molecule has 0 aliphatic carbocycles. The van der Waals surface area contributed by atoms with Gasteiger partial charge in [-0.1, -0.05) is 0 Å². The molecule has 1 aromatic carbocycles. The maximum absolute atomic E-state index is 13.5. The summed E-state index contributed by atoms with van der Waals surface area (Å²) in [5.41, 5.74) is 0. The molecule has 8 heteroatoms. The molecule has 2 rings (SSSR count). The summed E-state index contributed by atoms with van der Waals surface area (Å²) in [6.07, 6.45) is 0. The van der Waals surface area contributed by atoms with Gasteiger partial charge in [0.2, 0.25) is 10.0 Å². The third kappa shape index (κ3) is 3.66. The Balaban J connectivity index is 2.04. The fourth-order valence-electron chi connectivity index (χ4n) is 1.86. The van der Waals surface area contributed by atoms with Gasteiger partial charge in [0.1, 0.15) is 0 Å². The minimum atomic E-state index is -3.75. The Hall–Kier alpha value is -1.22. The van der Waals surface area contributed by atoms with Crippen LogP contribution in [0.1, 0.15) is 0 Å². The van der Waals surface area contributed by atoms with E-state index in [0.717, 1.165) is 6.07 Å². The highest BCUT2D eigenvalue weighted by Gasteiger charge is 2.20. The van der Waals surface area contributed by atoms with E-state index >= 15 is 0 Å². The molecule has 1 aliphatic heterocycles. The van der Waals surface area contributed by atoms with E-state index in [9.17, 15) is 12.8 Å². The monoisotopic (exact) mass is 304 g/mol. The standard InChI is InChI=1S/C12H17FN2O4S/c1-18-12-3-2-10(6-11(12)13)20(16,17)15-7-9-8-19-5-4-14-9/h2-3,6,9,14-15H,4-5,7-8H2,1H3. The molecule has 20 heavy (non-hydrogen) atoms. The Morgan fingerprint density at radius 2 is 2.35 bits per heavy atom. The molecule has 0 radical (unpaired) electrons. The van der Waals surface area contributed by atoms with Crippen LogP contribution in [0.4, 0.5) is 4.39 Å². The molecule has 0 aromatic heterocycles. The van der Waals surface area contributed by atoms with Crippen molar-refractivity contribution in [2.24, 2.45) is 0 Å². The van der Waals surface area contributed by atoms with Crippen molar-refractivity contribution in [3.63, 3.8) is 0 Å². The van der Waals surface area contributed by atoms with Gasteiger partial charge in [-0.3, -0.25) is 0 Å². The Labute approximate surface area is 117 Å². The van der Waals surface area contributed by atoms with Gasteiger partial charge in [0.05, 0.1) is 25.2 Å². The van der Waals surface area contributed by atoms with Crippen LogP contribution in [0.3, 0.4) is 0 Å². The highest BCUT2D eigenvalue weighted by Crippen LogP contribution is 2.20. The van der Waals surface area contributed by atoms with E-state index in [2.05, 4.69) is 10.0 Å². The Kier molecular flexibility index (Phi) is 4.92. The Morgan fingerprint density at radius 3 is 2.95 bits per heavy atom. The van der Waals surface area contributed by atoms with Crippen molar-refractivity contribution in [1.29, 1.82) is 0 Å². The molecule has 0 amide bonds. The largest absolute Gasteiger partial charge is 0.494 e. The molecule has 1 heterocycles. The van der Waals surface area contributed by atoms with E-state index in [4.69, 9.17) is 9.47 Å². The van der Waals surface area contributed by atoms with Gasteiger partial charge >= 0.3 is 0 Å². The summed E-state index contributed by atoms with van der Waals surface area (Å²) >= 11 is 0. The molecule has 1 aromatic rings. The van der Waals surface area contributed by atoms with Gasteiger partial charge in [-0.2, -0.15) is 0 Å². The molecule has 2 N–H and O–H groups in total. The number of ether oxygens (including phenoxy) is 2. The molecular formula is C12H17FN2O4S. The highest BCUT2D eigenvalue weighted by molar-refractivity contribution is 7.89. The van der Waals surface area contributed by atoms with E-state index in [1.807, 2.05) is 0 Å². The summed E-state index contributed by atoms with van der Waals surface area (Å²) in [5.74, 6) is -0.708. The van der Waals surface area contributed by atoms with E-state index in [-0.39, 0.29) is 23.2 Å². The maximum Gasteiger partial charge on any atom is 0.240 e. The number of hydrogen-bond acceptors (Lipinski definition) is 5. The van der Waals surface area contributed by atoms with Crippen LogP contribution in [0.25, 0.3) is 0 Å². The van der Waals surface area contributed by atoms with Crippen LogP contribution in [0.15, 0.2) is 23.1 Å². The predicted octanol–water partition coefficient (Wildman–Crippen LogP) is 0.101. The molecular weight excluding hydrogens is 287 g/mol. The molecule has 0 spiro atoms. The summed E-state index contributed by atoms with van der Waals surface area (Å²) < 4.78 is 50.0. The van der Waals surface area contributed by atoms with Gasteiger partial charge in [-0.25, -0.2) is 17.5 Å². The number of benzene rings is 1. The first kappa shape index (κ1) is 15.2. The third-order valence-corrected chi connectivity index (χ3v) is 4.37. The van der Waals surface area contributed by atoms with Gasteiger partial charge in [-0.05, 0) is 18.2 Å². The van der Waals surface area contributed by atoms with Gasteiger partial charge in [0.15, 0.2) is 11.6 Å². The molecule has 1 aliphatic rings. The van der Waals surface area contributed by atoms with Gasteiger partial charge in [0.25, 0.3) is 0 Å². The lowest BCUT2D eigenvalue weighted by atomic mass is 10.3. The first-order valence-electron chi connectivity index (χ1n) is 6.17. The summed E-state index contributed by atoms with van der Waals surface area (Å²) in [6, 6.07) is 3.44. The second-order valence-corrected chi connectivity index (χ2v) is 6.14. The van der Waals surface area contributed by atoms with Gasteiger partial charge in [-0.15, -0.1) is 0 Å². The summed E-state index contributed by atoms with van der Waals surface area (Å²) in [4.78, 5) is -0.132. The predicted molar refractivity (Wildman–Crippen MR) is 70.8 cm³/mol. The zero-order chi connectivity index (χ0) is 14.6. The average Bonchev–Trinajstić information content (AvgIpc) is 2.46. The molecule has 0 bridgehead atoms. The number of rotatable bonds is 5. The SMILES string of the molecule is COc1ccc(S(=O)(=O)NCC2COCCN2)cc1F. The number of nitrogens with one attached hydrogen (secondary N) is 2. The molecule has 1 saturated heterocycles. The summed E-state index contributed by atoms with van der Waals surface area (Å²) in [5, 5.41) is 3.13. The van der Waals surface area contributed by atoms with Crippen molar-refractivity contribution in [2.45, 2.75) is 10.9 Å². The number of methoxy groups -OCH3 is 1. The van der Waals surface area contributed by atoms with Crippen LogP contribution >= 0.6 is 0 Å². The fraction of sp³-hybridized carbons (Fsp3) is 0.500. The minimum absolute atomic E-state index is 0.00583. The van der Waals surface area contributed by atoms with Crippen LogP contribution in [0.2, 0.25) is 0 Å². The minimum Gasteiger partial charge on any atom is -0.494 e. The van der Waals surface area contributed by atoms with Crippen LogP contribution in [-0.4, -0.2) is 47.9 Å². The van der Waals surface area contributed by atoms with Crippen molar-refractivity contribution in [1.82, 2.24) is 10.0 Å². The van der Waals surface area contributed by atoms with Gasteiger partial charge in [0, 0.05) is 19.1 Å². The first-order chi connectivity index (χ1) is 9.53. The third-order valence-electron chi connectivity index (χ3n) is 2.95. The Bertz CT molecular complexity index is 559. The molecule has 6 nitrogen and oxygen atoms in total. The number of halogens is 1. The van der Waals surface area contributed by atoms with Crippen LogP contribution in [0, 0.1) is 5.82 Å². The normalized spacial score (nSPS) is 19.8. The quantitative estimate of drug-likeness (QED) is 0.807. The van der Waals surface area contributed by atoms with Crippen molar-refractivity contribution in [2.75, 3.05) is 33.4 Å². The van der Waals surface area contributed by atoms with E-state index in [0.29, 0.717) is 19.8 Å². The lowest BCUT2D eigenvalue weighted by Gasteiger charge is -2.23. The van der Waals surface area contributed by atoms with Crippen LogP contribution < -0.4 is 14.8 Å². The van der Waals surface area contributed by atoms with Crippen LogP contribution in [-0.2, 0) is 14.8 Å². The Morgan fingerprint density at radius 1 is 1.55 bits per heavy atom. The second kappa shape index (κ2) is 6.49. The summed E-state index contributed by atoms with van der Waals surface area (Å²) in [7, 11) is -2.43. The molecule has 0 saturated carbocycles. The lowest BCUT2D eigenvalue weighted by Crippen LogP contribution is -2.48. The highest BCUT2D eigenvalue weighted by atomic mass is 32.2. The first-order valence-corrected chi connectivity index (χ1v) is 7.65. The van der Waals surface area contributed by atoms with Crippen molar-refractivity contribution in [3.05, 3.63) is 24.0 Å². The fourth-order valence-corrected chi connectivity index (χ4v) is 2.95. The average molecular weight is 304 g/mol. The van der Waals surface area contributed by atoms with Crippen molar-refractivity contribution in [3.8, 4) is 5.75 Å². The number of morpholine rings is 1. The molecule has 1 atom stereocenters. The van der Waals surface area contributed by atoms with Crippen LogP contribution in [0.5, 0.6) is 5.75 Å². The zero-order valence-electron chi connectivity index (χ0n) is 11.1. The summed E-state index contributed by atoms with van der Waals surface area (Å²) in [6.45, 7) is 1.94. The molecule has 1 fully saturated rings. The van der Waals surface area contributed by atoms with E-state index in [1.54, 1.807) is 0 Å². The zero-order valence-corrected chi connectivity index (χ0v) is 11.9.